The molecule has 4 nitrogen and oxygen atoms in total. The van der Waals surface area contributed by atoms with Crippen LogP contribution < -0.4 is 10.2 Å². The van der Waals surface area contributed by atoms with Crippen molar-refractivity contribution in [2.75, 3.05) is 24.5 Å². The van der Waals surface area contributed by atoms with Gasteiger partial charge in [-0.05, 0) is 30.7 Å². The third-order valence-corrected chi connectivity index (χ3v) is 5.26. The van der Waals surface area contributed by atoms with E-state index in [1.54, 1.807) is 29.8 Å². The van der Waals surface area contributed by atoms with Crippen LogP contribution in [0.15, 0.2) is 36.7 Å². The number of thiophene rings is 1. The summed E-state index contributed by atoms with van der Waals surface area (Å²) < 4.78 is 14.2. The van der Waals surface area contributed by atoms with Gasteiger partial charge in [-0.3, -0.25) is 0 Å². The molecular formula is C17H17FN4S. The second-order valence-corrected chi connectivity index (χ2v) is 6.88. The fourth-order valence-electron chi connectivity index (χ4n) is 2.95. The minimum atomic E-state index is -0.217. The lowest BCUT2D eigenvalue weighted by molar-refractivity contribution is 0.483. The van der Waals surface area contributed by atoms with Crippen molar-refractivity contribution >= 4 is 27.4 Å². The molecule has 1 aliphatic rings. The Bertz CT molecular complexity index is 830. The number of anilines is 1. The van der Waals surface area contributed by atoms with Gasteiger partial charge in [0.05, 0.1) is 10.2 Å². The lowest BCUT2D eigenvalue weighted by Gasteiger charge is -2.32. The molecule has 0 bridgehead atoms. The molecule has 4 rings (SSSR count). The molecule has 1 aromatic carbocycles. The SMILES string of the molecule is C[C@@H]1CN(c2ncnc3cc(-c4ccc(F)cc4)sc23)CCN1. The molecule has 1 aliphatic heterocycles. The van der Waals surface area contributed by atoms with Gasteiger partial charge in [-0.15, -0.1) is 11.3 Å². The highest BCUT2D eigenvalue weighted by Crippen LogP contribution is 2.37. The van der Waals surface area contributed by atoms with Gasteiger partial charge in [0.25, 0.3) is 0 Å². The van der Waals surface area contributed by atoms with E-state index in [1.165, 1.54) is 12.1 Å². The summed E-state index contributed by atoms with van der Waals surface area (Å²) in [6.45, 7) is 5.03. The number of piperazine rings is 1. The number of rotatable bonds is 2. The molecule has 2 aromatic heterocycles. The van der Waals surface area contributed by atoms with Crippen LogP contribution in [-0.4, -0.2) is 35.6 Å². The summed E-state index contributed by atoms with van der Waals surface area (Å²) in [5, 5.41) is 3.45. The highest BCUT2D eigenvalue weighted by molar-refractivity contribution is 7.22. The van der Waals surface area contributed by atoms with Gasteiger partial charge in [0, 0.05) is 30.6 Å². The van der Waals surface area contributed by atoms with Crippen LogP contribution in [0.3, 0.4) is 0 Å². The lowest BCUT2D eigenvalue weighted by Crippen LogP contribution is -2.49. The topological polar surface area (TPSA) is 41.1 Å². The van der Waals surface area contributed by atoms with Crippen LogP contribution in [-0.2, 0) is 0 Å². The number of benzene rings is 1. The van der Waals surface area contributed by atoms with Crippen LogP contribution in [0, 0.1) is 5.82 Å². The summed E-state index contributed by atoms with van der Waals surface area (Å²) in [7, 11) is 0. The molecular weight excluding hydrogens is 311 g/mol. The van der Waals surface area contributed by atoms with Crippen molar-refractivity contribution in [1.29, 1.82) is 0 Å². The van der Waals surface area contributed by atoms with Crippen molar-refractivity contribution in [2.24, 2.45) is 0 Å². The number of aromatic nitrogens is 2. The van der Waals surface area contributed by atoms with E-state index in [-0.39, 0.29) is 5.82 Å². The summed E-state index contributed by atoms with van der Waals surface area (Å²) in [5.74, 6) is 0.784. The van der Waals surface area contributed by atoms with E-state index in [0.717, 1.165) is 46.1 Å². The Morgan fingerprint density at radius 1 is 1.26 bits per heavy atom. The van der Waals surface area contributed by atoms with E-state index in [0.29, 0.717) is 6.04 Å². The smallest absolute Gasteiger partial charge is 0.150 e. The normalized spacial score (nSPS) is 18.5. The summed E-state index contributed by atoms with van der Waals surface area (Å²) in [6, 6.07) is 9.10. The monoisotopic (exact) mass is 328 g/mol. The van der Waals surface area contributed by atoms with Crippen molar-refractivity contribution in [1.82, 2.24) is 15.3 Å². The van der Waals surface area contributed by atoms with Crippen molar-refractivity contribution in [2.45, 2.75) is 13.0 Å². The van der Waals surface area contributed by atoms with E-state index in [4.69, 9.17) is 0 Å². The number of fused-ring (bicyclic) bond motifs is 1. The van der Waals surface area contributed by atoms with Crippen LogP contribution in [0.4, 0.5) is 10.2 Å². The molecule has 0 amide bonds. The zero-order valence-corrected chi connectivity index (χ0v) is 13.6. The summed E-state index contributed by atoms with van der Waals surface area (Å²) in [4.78, 5) is 12.3. The molecule has 118 valence electrons. The van der Waals surface area contributed by atoms with Gasteiger partial charge in [-0.2, -0.15) is 0 Å². The minimum Gasteiger partial charge on any atom is -0.353 e. The van der Waals surface area contributed by atoms with Crippen LogP contribution in [0.5, 0.6) is 0 Å². The van der Waals surface area contributed by atoms with Gasteiger partial charge in [-0.1, -0.05) is 12.1 Å². The first-order chi connectivity index (χ1) is 11.2. The quantitative estimate of drug-likeness (QED) is 0.784. The summed E-state index contributed by atoms with van der Waals surface area (Å²) in [6.07, 6.45) is 1.63. The Labute approximate surface area is 138 Å². The molecule has 23 heavy (non-hydrogen) atoms. The Kier molecular flexibility index (Phi) is 3.71. The van der Waals surface area contributed by atoms with E-state index in [1.807, 2.05) is 0 Å². The zero-order chi connectivity index (χ0) is 15.8. The first kappa shape index (κ1) is 14.5. The third kappa shape index (κ3) is 2.80. The fraction of sp³-hybridized carbons (Fsp3) is 0.294. The van der Waals surface area contributed by atoms with Gasteiger partial charge in [0.1, 0.15) is 18.0 Å². The maximum absolute atomic E-state index is 13.1. The fourth-order valence-corrected chi connectivity index (χ4v) is 4.08. The predicted octanol–water partition coefficient (Wildman–Crippen LogP) is 3.30. The van der Waals surface area contributed by atoms with Gasteiger partial charge in [-0.25, -0.2) is 14.4 Å². The van der Waals surface area contributed by atoms with E-state index < -0.39 is 0 Å². The molecule has 6 heteroatoms. The third-order valence-electron chi connectivity index (χ3n) is 4.09. The second-order valence-electron chi connectivity index (χ2n) is 5.83. The summed E-state index contributed by atoms with van der Waals surface area (Å²) in [5.41, 5.74) is 1.96. The van der Waals surface area contributed by atoms with Crippen LogP contribution >= 0.6 is 11.3 Å². The molecule has 0 spiro atoms. The van der Waals surface area contributed by atoms with E-state index in [2.05, 4.69) is 33.2 Å². The minimum absolute atomic E-state index is 0.217. The molecule has 1 saturated heterocycles. The maximum atomic E-state index is 13.1. The number of halogens is 1. The Balaban J connectivity index is 1.76. The Morgan fingerprint density at radius 2 is 2.09 bits per heavy atom. The first-order valence-corrected chi connectivity index (χ1v) is 8.51. The standard InChI is InChI=1S/C17H17FN4S/c1-11-9-22(7-6-19-11)17-16-14(20-10-21-17)8-15(23-16)12-2-4-13(18)5-3-12/h2-5,8,10-11,19H,6-7,9H2,1H3/t11-/m1/s1. The molecule has 3 heterocycles. The highest BCUT2D eigenvalue weighted by atomic mass is 32.1. The molecule has 1 fully saturated rings. The molecule has 0 aliphatic carbocycles. The van der Waals surface area contributed by atoms with Crippen molar-refractivity contribution in [3.63, 3.8) is 0 Å². The predicted molar refractivity (Wildman–Crippen MR) is 92.5 cm³/mol. The number of hydrogen-bond donors (Lipinski definition) is 1. The first-order valence-electron chi connectivity index (χ1n) is 7.69. The highest BCUT2D eigenvalue weighted by Gasteiger charge is 2.20. The molecule has 0 radical (unpaired) electrons. The largest absolute Gasteiger partial charge is 0.353 e. The van der Waals surface area contributed by atoms with Crippen molar-refractivity contribution < 1.29 is 4.39 Å². The van der Waals surface area contributed by atoms with Crippen LogP contribution in [0.25, 0.3) is 20.7 Å². The van der Waals surface area contributed by atoms with Crippen LogP contribution in [0.2, 0.25) is 0 Å². The lowest BCUT2D eigenvalue weighted by atomic mass is 10.2. The average molecular weight is 328 g/mol. The van der Waals surface area contributed by atoms with Crippen molar-refractivity contribution in [3.8, 4) is 10.4 Å². The van der Waals surface area contributed by atoms with Gasteiger partial charge in [0.15, 0.2) is 0 Å². The Hall–Kier alpha value is -2.05. The average Bonchev–Trinajstić information content (AvgIpc) is 2.99. The van der Waals surface area contributed by atoms with Gasteiger partial charge in [0.2, 0.25) is 0 Å². The number of nitrogens with zero attached hydrogens (tertiary/aromatic N) is 3. The summed E-state index contributed by atoms with van der Waals surface area (Å²) >= 11 is 1.67. The number of nitrogens with one attached hydrogen (secondary N) is 1. The van der Waals surface area contributed by atoms with Gasteiger partial charge < -0.3 is 10.2 Å². The number of hydrogen-bond acceptors (Lipinski definition) is 5. The van der Waals surface area contributed by atoms with E-state index >= 15 is 0 Å². The second kappa shape index (κ2) is 5.86. The molecule has 0 saturated carbocycles. The molecule has 1 N–H and O–H groups in total. The van der Waals surface area contributed by atoms with Crippen molar-refractivity contribution in [3.05, 3.63) is 42.5 Å². The van der Waals surface area contributed by atoms with Gasteiger partial charge >= 0.3 is 0 Å². The molecule has 1 atom stereocenters. The van der Waals surface area contributed by atoms with Crippen LogP contribution in [0.1, 0.15) is 6.92 Å². The zero-order valence-electron chi connectivity index (χ0n) is 12.8. The molecule has 0 unspecified atom stereocenters. The van der Waals surface area contributed by atoms with E-state index in [9.17, 15) is 4.39 Å². The maximum Gasteiger partial charge on any atom is 0.150 e. The Morgan fingerprint density at radius 3 is 2.87 bits per heavy atom. The molecule has 3 aromatic rings.